The number of carboxylic acid groups (broad SMARTS) is 1. The van der Waals surface area contributed by atoms with Gasteiger partial charge in [-0.05, 0) is 49.9 Å². The Hall–Kier alpha value is -2.35. The predicted octanol–water partition coefficient (Wildman–Crippen LogP) is 3.62. The van der Waals surface area contributed by atoms with Crippen molar-refractivity contribution in [2.24, 2.45) is 5.92 Å². The minimum Gasteiger partial charge on any atom is -0.481 e. The third kappa shape index (κ3) is 4.43. The molecule has 0 radical (unpaired) electrons. The number of nitrogens with zero attached hydrogens (tertiary/aromatic N) is 2. The maximum absolute atomic E-state index is 12.6. The summed E-state index contributed by atoms with van der Waals surface area (Å²) < 4.78 is 39.4. The summed E-state index contributed by atoms with van der Waals surface area (Å²) in [6.45, 7) is 0.586. The monoisotopic (exact) mass is 367 g/mol. The van der Waals surface area contributed by atoms with Crippen LogP contribution < -0.4 is 5.32 Å². The van der Waals surface area contributed by atoms with Gasteiger partial charge in [0.05, 0.1) is 23.4 Å². The summed E-state index contributed by atoms with van der Waals surface area (Å²) in [5.41, 5.74) is 0.795. The Balaban J connectivity index is 1.54. The topological polar surface area (TPSA) is 67.2 Å². The number of carbonyl (C=O) groups is 1. The zero-order chi connectivity index (χ0) is 18.7. The minimum absolute atomic E-state index is 0.240. The summed E-state index contributed by atoms with van der Waals surface area (Å²) in [5.74, 6) is -0.961. The molecule has 0 spiro atoms. The molecule has 1 saturated carbocycles. The van der Waals surface area contributed by atoms with Crippen LogP contribution in [-0.4, -0.2) is 26.9 Å². The molecule has 140 valence electrons. The lowest BCUT2D eigenvalue weighted by atomic mass is 9.86. The van der Waals surface area contributed by atoms with Crippen LogP contribution in [0.3, 0.4) is 0 Å². The fourth-order valence-electron chi connectivity index (χ4n) is 3.20. The van der Waals surface area contributed by atoms with E-state index < -0.39 is 17.7 Å². The zero-order valence-electron chi connectivity index (χ0n) is 14.0. The van der Waals surface area contributed by atoms with Gasteiger partial charge in [0, 0.05) is 24.3 Å². The molecule has 1 aromatic heterocycles. The highest BCUT2D eigenvalue weighted by atomic mass is 19.4. The molecular weight excluding hydrogens is 347 g/mol. The van der Waals surface area contributed by atoms with E-state index >= 15 is 0 Å². The lowest BCUT2D eigenvalue weighted by molar-refractivity contribution is -0.143. The van der Waals surface area contributed by atoms with E-state index in [1.165, 1.54) is 12.1 Å². The van der Waals surface area contributed by atoms with Crippen molar-refractivity contribution in [3.63, 3.8) is 0 Å². The van der Waals surface area contributed by atoms with Crippen molar-refractivity contribution in [2.45, 2.75) is 44.4 Å². The molecule has 5 nitrogen and oxygen atoms in total. The van der Waals surface area contributed by atoms with Gasteiger partial charge in [-0.25, -0.2) is 4.68 Å². The Bertz CT molecular complexity index is 748. The van der Waals surface area contributed by atoms with E-state index in [-0.39, 0.29) is 12.0 Å². The predicted molar refractivity (Wildman–Crippen MR) is 88.8 cm³/mol. The van der Waals surface area contributed by atoms with Crippen LogP contribution in [0.2, 0.25) is 0 Å². The molecule has 1 aliphatic rings. The van der Waals surface area contributed by atoms with Gasteiger partial charge in [-0.15, -0.1) is 0 Å². The van der Waals surface area contributed by atoms with Crippen molar-refractivity contribution in [3.05, 3.63) is 47.8 Å². The number of hydrogen-bond donors (Lipinski definition) is 2. The molecule has 26 heavy (non-hydrogen) atoms. The Labute approximate surface area is 148 Å². The van der Waals surface area contributed by atoms with Crippen LogP contribution in [-0.2, 0) is 17.5 Å². The number of carboxylic acids is 1. The number of benzene rings is 1. The molecule has 0 amide bonds. The molecule has 8 heteroatoms. The van der Waals surface area contributed by atoms with E-state index in [1.807, 2.05) is 0 Å². The SMILES string of the molecule is O=C(O)C1CCC(NCc2cnn(-c3ccc(C(F)(F)F)cc3)c2)CC1. The molecule has 2 aromatic rings. The van der Waals surface area contributed by atoms with Crippen LogP contribution in [0.1, 0.15) is 36.8 Å². The zero-order valence-corrected chi connectivity index (χ0v) is 14.0. The highest BCUT2D eigenvalue weighted by molar-refractivity contribution is 5.70. The first kappa shape index (κ1) is 18.4. The fraction of sp³-hybridized carbons (Fsp3) is 0.444. The first-order valence-electron chi connectivity index (χ1n) is 8.50. The quantitative estimate of drug-likeness (QED) is 0.847. The number of rotatable bonds is 5. The van der Waals surface area contributed by atoms with Gasteiger partial charge in [0.2, 0.25) is 0 Å². The van der Waals surface area contributed by atoms with Gasteiger partial charge in [-0.2, -0.15) is 18.3 Å². The van der Waals surface area contributed by atoms with Crippen molar-refractivity contribution in [1.29, 1.82) is 0 Å². The maximum Gasteiger partial charge on any atom is 0.416 e. The molecule has 3 rings (SSSR count). The molecule has 1 aromatic carbocycles. The number of alkyl halides is 3. The fourth-order valence-corrected chi connectivity index (χ4v) is 3.20. The third-order valence-corrected chi connectivity index (χ3v) is 4.77. The van der Waals surface area contributed by atoms with Gasteiger partial charge in [-0.3, -0.25) is 4.79 Å². The van der Waals surface area contributed by atoms with Crippen LogP contribution in [0.25, 0.3) is 5.69 Å². The highest BCUT2D eigenvalue weighted by Gasteiger charge is 2.30. The van der Waals surface area contributed by atoms with Crippen LogP contribution >= 0.6 is 0 Å². The average Bonchev–Trinajstić information content (AvgIpc) is 3.09. The average molecular weight is 367 g/mol. The van der Waals surface area contributed by atoms with Gasteiger partial charge >= 0.3 is 12.1 Å². The van der Waals surface area contributed by atoms with Crippen molar-refractivity contribution in [2.75, 3.05) is 0 Å². The summed E-state index contributed by atoms with van der Waals surface area (Å²) in [7, 11) is 0. The highest BCUT2D eigenvalue weighted by Crippen LogP contribution is 2.29. The van der Waals surface area contributed by atoms with Crippen molar-refractivity contribution < 1.29 is 23.1 Å². The number of aliphatic carboxylic acids is 1. The van der Waals surface area contributed by atoms with Gasteiger partial charge in [0.1, 0.15) is 0 Å². The molecule has 0 aliphatic heterocycles. The van der Waals surface area contributed by atoms with Crippen molar-refractivity contribution >= 4 is 5.97 Å². The number of halogens is 3. The second-order valence-electron chi connectivity index (χ2n) is 6.61. The van der Waals surface area contributed by atoms with E-state index in [1.54, 1.807) is 17.1 Å². The van der Waals surface area contributed by atoms with E-state index in [0.29, 0.717) is 25.1 Å². The number of aromatic nitrogens is 2. The molecule has 2 N–H and O–H groups in total. The second-order valence-corrected chi connectivity index (χ2v) is 6.61. The largest absolute Gasteiger partial charge is 0.481 e. The van der Waals surface area contributed by atoms with Gasteiger partial charge in [-0.1, -0.05) is 0 Å². The summed E-state index contributed by atoms with van der Waals surface area (Å²) in [6.07, 6.45) is 2.10. The Morgan fingerprint density at radius 2 is 1.85 bits per heavy atom. The lowest BCUT2D eigenvalue weighted by Crippen LogP contribution is -2.34. The first-order valence-corrected chi connectivity index (χ1v) is 8.50. The molecule has 0 atom stereocenters. The third-order valence-electron chi connectivity index (χ3n) is 4.77. The molecule has 1 heterocycles. The van der Waals surface area contributed by atoms with Crippen LogP contribution in [0, 0.1) is 5.92 Å². The van der Waals surface area contributed by atoms with Crippen molar-refractivity contribution in [1.82, 2.24) is 15.1 Å². The normalized spacial score (nSPS) is 20.9. The summed E-state index contributed by atoms with van der Waals surface area (Å²) in [5, 5.41) is 16.6. The van der Waals surface area contributed by atoms with Gasteiger partial charge in [0.15, 0.2) is 0 Å². The van der Waals surface area contributed by atoms with E-state index in [9.17, 15) is 18.0 Å². The van der Waals surface area contributed by atoms with E-state index in [2.05, 4.69) is 10.4 Å². The smallest absolute Gasteiger partial charge is 0.416 e. The second kappa shape index (κ2) is 7.49. The van der Waals surface area contributed by atoms with Crippen LogP contribution in [0.15, 0.2) is 36.7 Å². The lowest BCUT2D eigenvalue weighted by Gasteiger charge is -2.26. The first-order chi connectivity index (χ1) is 12.3. The number of hydrogen-bond acceptors (Lipinski definition) is 3. The molecule has 1 fully saturated rings. The summed E-state index contributed by atoms with van der Waals surface area (Å²) >= 11 is 0. The van der Waals surface area contributed by atoms with Gasteiger partial charge in [0.25, 0.3) is 0 Å². The molecular formula is C18H20F3N3O2. The summed E-state index contributed by atoms with van der Waals surface area (Å²) in [4.78, 5) is 11.0. The Morgan fingerprint density at radius 3 is 2.42 bits per heavy atom. The molecule has 0 saturated heterocycles. The van der Waals surface area contributed by atoms with Gasteiger partial charge < -0.3 is 10.4 Å². The molecule has 0 unspecified atom stereocenters. The Morgan fingerprint density at radius 1 is 1.19 bits per heavy atom. The maximum atomic E-state index is 12.6. The van der Waals surface area contributed by atoms with Crippen LogP contribution in [0.4, 0.5) is 13.2 Å². The molecule has 0 bridgehead atoms. The Kier molecular flexibility index (Phi) is 5.31. The number of nitrogens with one attached hydrogen (secondary N) is 1. The standard InChI is InChI=1S/C18H20F3N3O2/c19-18(20,21)14-3-7-16(8-4-14)24-11-12(10-23-24)9-22-15-5-1-13(2-6-15)17(25)26/h3-4,7-8,10-11,13,15,22H,1-2,5-6,9H2,(H,25,26). The van der Waals surface area contributed by atoms with Crippen molar-refractivity contribution in [3.8, 4) is 5.69 Å². The molecule has 1 aliphatic carbocycles. The summed E-state index contributed by atoms with van der Waals surface area (Å²) in [6, 6.07) is 5.13. The van der Waals surface area contributed by atoms with E-state index in [4.69, 9.17) is 5.11 Å². The van der Waals surface area contributed by atoms with E-state index in [0.717, 1.165) is 30.5 Å². The minimum atomic E-state index is -4.35. The van der Waals surface area contributed by atoms with Crippen LogP contribution in [0.5, 0.6) is 0 Å².